The van der Waals surface area contributed by atoms with E-state index in [0.717, 1.165) is 30.4 Å². The zero-order valence-electron chi connectivity index (χ0n) is 13.9. The maximum atomic E-state index is 12.1. The van der Waals surface area contributed by atoms with Crippen LogP contribution < -0.4 is 5.32 Å². The largest absolute Gasteiger partial charge is 0.344 e. The third kappa shape index (κ3) is 3.60. The molecule has 2 aromatic rings. The van der Waals surface area contributed by atoms with E-state index in [1.165, 1.54) is 0 Å². The first-order valence-electron chi connectivity index (χ1n) is 8.29. The van der Waals surface area contributed by atoms with Crippen molar-refractivity contribution >= 4 is 5.91 Å². The molecule has 3 rings (SSSR count). The van der Waals surface area contributed by atoms with E-state index in [0.29, 0.717) is 11.7 Å². The fourth-order valence-corrected chi connectivity index (χ4v) is 2.56. The minimum Gasteiger partial charge on any atom is -0.344 e. The molecule has 122 valence electrons. The van der Waals surface area contributed by atoms with Gasteiger partial charge in [0.1, 0.15) is 6.04 Å². The van der Waals surface area contributed by atoms with Gasteiger partial charge in [-0.1, -0.05) is 49.2 Å². The topological polar surface area (TPSA) is 68.0 Å². The molecule has 1 saturated carbocycles. The molecule has 23 heavy (non-hydrogen) atoms. The summed E-state index contributed by atoms with van der Waals surface area (Å²) in [5.41, 5.74) is 2.07. The number of benzene rings is 1. The van der Waals surface area contributed by atoms with Crippen LogP contribution in [0, 0.1) is 18.8 Å². The van der Waals surface area contributed by atoms with E-state index in [1.54, 1.807) is 0 Å². The van der Waals surface area contributed by atoms with Crippen molar-refractivity contribution < 1.29 is 9.32 Å². The number of aryl methyl sites for hydroxylation is 1. The van der Waals surface area contributed by atoms with Gasteiger partial charge in [0.05, 0.1) is 0 Å². The molecule has 0 saturated heterocycles. The van der Waals surface area contributed by atoms with Crippen LogP contribution in [0.4, 0.5) is 0 Å². The fraction of sp³-hybridized carbons (Fsp3) is 0.500. The molecular weight excluding hydrogens is 290 g/mol. The van der Waals surface area contributed by atoms with E-state index in [9.17, 15) is 4.79 Å². The van der Waals surface area contributed by atoms with Crippen molar-refractivity contribution in [2.75, 3.05) is 0 Å². The molecule has 1 aromatic heterocycles. The Bertz CT molecular complexity index is 691. The van der Waals surface area contributed by atoms with E-state index < -0.39 is 0 Å². The maximum Gasteiger partial charge on any atom is 0.249 e. The molecule has 0 bridgehead atoms. The predicted octanol–water partition coefficient (Wildman–Crippen LogP) is 3.66. The van der Waals surface area contributed by atoms with Crippen molar-refractivity contribution in [1.29, 1.82) is 0 Å². The van der Waals surface area contributed by atoms with Crippen LogP contribution in [-0.4, -0.2) is 16.0 Å². The molecule has 5 heteroatoms. The molecule has 0 spiro atoms. The molecule has 0 aliphatic heterocycles. The van der Waals surface area contributed by atoms with E-state index in [4.69, 9.17) is 4.52 Å². The standard InChI is InChI=1S/C18H23N3O2/c1-4-12(3)15(19-17(22)13-8-9-13)18-20-16(21-23-18)14-7-5-6-11(2)10-14/h5-7,10,12-13,15H,4,8-9H2,1-3H3,(H,19,22). The monoisotopic (exact) mass is 313 g/mol. The van der Waals surface area contributed by atoms with Gasteiger partial charge in [-0.05, 0) is 31.7 Å². The van der Waals surface area contributed by atoms with Crippen LogP contribution >= 0.6 is 0 Å². The van der Waals surface area contributed by atoms with Gasteiger partial charge >= 0.3 is 0 Å². The first-order valence-corrected chi connectivity index (χ1v) is 8.29. The molecular formula is C18H23N3O2. The van der Waals surface area contributed by atoms with Gasteiger partial charge in [0.15, 0.2) is 0 Å². The molecule has 1 amide bonds. The lowest BCUT2D eigenvalue weighted by Gasteiger charge is -2.20. The Morgan fingerprint density at radius 1 is 1.43 bits per heavy atom. The van der Waals surface area contributed by atoms with E-state index in [2.05, 4.69) is 29.3 Å². The average molecular weight is 313 g/mol. The summed E-state index contributed by atoms with van der Waals surface area (Å²) in [7, 11) is 0. The summed E-state index contributed by atoms with van der Waals surface area (Å²) in [5, 5.41) is 7.18. The smallest absolute Gasteiger partial charge is 0.249 e. The minimum absolute atomic E-state index is 0.102. The van der Waals surface area contributed by atoms with Crippen LogP contribution in [0.25, 0.3) is 11.4 Å². The molecule has 1 aromatic carbocycles. The normalized spacial score (nSPS) is 16.8. The first-order chi connectivity index (χ1) is 11.1. The van der Waals surface area contributed by atoms with Crippen LogP contribution in [-0.2, 0) is 4.79 Å². The van der Waals surface area contributed by atoms with Crippen LogP contribution in [0.2, 0.25) is 0 Å². The zero-order valence-corrected chi connectivity index (χ0v) is 13.9. The van der Waals surface area contributed by atoms with Crippen LogP contribution in [0.15, 0.2) is 28.8 Å². The third-order valence-electron chi connectivity index (χ3n) is 4.44. The Hall–Kier alpha value is -2.17. The summed E-state index contributed by atoms with van der Waals surface area (Å²) < 4.78 is 5.47. The third-order valence-corrected chi connectivity index (χ3v) is 4.44. The number of aromatic nitrogens is 2. The highest BCUT2D eigenvalue weighted by Crippen LogP contribution is 2.32. The highest BCUT2D eigenvalue weighted by atomic mass is 16.5. The van der Waals surface area contributed by atoms with Crippen molar-refractivity contribution in [3.63, 3.8) is 0 Å². The number of amides is 1. The molecule has 1 N–H and O–H groups in total. The van der Waals surface area contributed by atoms with Gasteiger partial charge in [-0.15, -0.1) is 0 Å². The van der Waals surface area contributed by atoms with Gasteiger partial charge in [-0.25, -0.2) is 0 Å². The molecule has 1 fully saturated rings. The van der Waals surface area contributed by atoms with Crippen molar-refractivity contribution in [2.24, 2.45) is 11.8 Å². The van der Waals surface area contributed by atoms with Gasteiger partial charge in [0.25, 0.3) is 0 Å². The lowest BCUT2D eigenvalue weighted by molar-refractivity contribution is -0.123. The van der Waals surface area contributed by atoms with Gasteiger partial charge in [-0.3, -0.25) is 4.79 Å². The first kappa shape index (κ1) is 15.7. The van der Waals surface area contributed by atoms with Crippen LogP contribution in [0.5, 0.6) is 0 Å². The van der Waals surface area contributed by atoms with Gasteiger partial charge in [-0.2, -0.15) is 4.98 Å². The molecule has 1 aliphatic rings. The number of carbonyl (C=O) groups is 1. The molecule has 2 atom stereocenters. The summed E-state index contributed by atoms with van der Waals surface area (Å²) in [5.74, 6) is 1.57. The Kier molecular flexibility index (Phi) is 4.46. The summed E-state index contributed by atoms with van der Waals surface area (Å²) in [6.45, 7) is 6.22. The highest BCUT2D eigenvalue weighted by molar-refractivity contribution is 5.81. The highest BCUT2D eigenvalue weighted by Gasteiger charge is 2.34. The molecule has 0 radical (unpaired) electrons. The second-order valence-electron chi connectivity index (χ2n) is 6.47. The Balaban J connectivity index is 1.83. The minimum atomic E-state index is -0.223. The summed E-state index contributed by atoms with van der Waals surface area (Å²) in [4.78, 5) is 16.7. The predicted molar refractivity (Wildman–Crippen MR) is 87.5 cm³/mol. The average Bonchev–Trinajstić information content (AvgIpc) is 3.29. The van der Waals surface area contributed by atoms with E-state index >= 15 is 0 Å². The van der Waals surface area contributed by atoms with E-state index in [1.807, 2.05) is 31.2 Å². The van der Waals surface area contributed by atoms with Crippen molar-refractivity contribution in [2.45, 2.75) is 46.1 Å². The van der Waals surface area contributed by atoms with Gasteiger partial charge < -0.3 is 9.84 Å². The second kappa shape index (κ2) is 6.52. The van der Waals surface area contributed by atoms with Gasteiger partial charge in [0.2, 0.25) is 17.6 Å². The number of carbonyl (C=O) groups excluding carboxylic acids is 1. The number of nitrogens with one attached hydrogen (secondary N) is 1. The van der Waals surface area contributed by atoms with Crippen molar-refractivity contribution in [3.05, 3.63) is 35.7 Å². The Morgan fingerprint density at radius 2 is 2.22 bits per heavy atom. The number of hydrogen-bond donors (Lipinski definition) is 1. The molecule has 1 aliphatic carbocycles. The Labute approximate surface area is 136 Å². The number of rotatable bonds is 6. The van der Waals surface area contributed by atoms with Crippen molar-refractivity contribution in [1.82, 2.24) is 15.5 Å². The number of nitrogens with zero attached hydrogens (tertiary/aromatic N) is 2. The van der Waals surface area contributed by atoms with Crippen LogP contribution in [0.1, 0.15) is 50.6 Å². The summed E-state index contributed by atoms with van der Waals surface area (Å²) in [6.07, 6.45) is 2.90. The molecule has 2 unspecified atom stereocenters. The molecule has 1 heterocycles. The van der Waals surface area contributed by atoms with Crippen molar-refractivity contribution in [3.8, 4) is 11.4 Å². The van der Waals surface area contributed by atoms with Gasteiger partial charge in [0, 0.05) is 11.5 Å². The quantitative estimate of drug-likeness (QED) is 0.883. The second-order valence-corrected chi connectivity index (χ2v) is 6.47. The Morgan fingerprint density at radius 3 is 2.87 bits per heavy atom. The zero-order chi connectivity index (χ0) is 16.4. The van der Waals surface area contributed by atoms with Crippen LogP contribution in [0.3, 0.4) is 0 Å². The summed E-state index contributed by atoms with van der Waals surface area (Å²) in [6, 6.07) is 7.77. The lowest BCUT2D eigenvalue weighted by atomic mass is 9.98. The number of hydrogen-bond acceptors (Lipinski definition) is 4. The van der Waals surface area contributed by atoms with E-state index in [-0.39, 0.29) is 23.8 Å². The maximum absolute atomic E-state index is 12.1. The SMILES string of the molecule is CCC(C)C(NC(=O)C1CC1)c1nc(-c2cccc(C)c2)no1. The summed E-state index contributed by atoms with van der Waals surface area (Å²) >= 11 is 0. The lowest BCUT2D eigenvalue weighted by Crippen LogP contribution is -2.33. The fourth-order valence-electron chi connectivity index (χ4n) is 2.56. The molecule has 5 nitrogen and oxygen atoms in total.